The van der Waals surface area contributed by atoms with E-state index in [1.807, 2.05) is 67.6 Å². The number of hydrogen-bond donors (Lipinski definition) is 3. The maximum Gasteiger partial charge on any atom is 0.272 e. The van der Waals surface area contributed by atoms with Crippen molar-refractivity contribution < 1.29 is 14.4 Å². The summed E-state index contributed by atoms with van der Waals surface area (Å²) in [6.45, 7) is 1.99. The van der Waals surface area contributed by atoms with Crippen LogP contribution in [0.2, 0.25) is 10.0 Å². The van der Waals surface area contributed by atoms with E-state index in [0.29, 0.717) is 32.5 Å². The highest BCUT2D eigenvalue weighted by Gasteiger charge is 2.23. The number of nitrogens with one attached hydrogen (secondary N) is 3. The fraction of sp³-hybridized carbons (Fsp3) is 0.0541. The fourth-order valence-corrected chi connectivity index (χ4v) is 5.99. The summed E-state index contributed by atoms with van der Waals surface area (Å²) in [7, 11) is 0. The van der Waals surface area contributed by atoms with Crippen molar-refractivity contribution in [2.75, 3.05) is 10.6 Å². The summed E-state index contributed by atoms with van der Waals surface area (Å²) in [5.41, 5.74) is 3.98. The van der Waals surface area contributed by atoms with Gasteiger partial charge in [-0.1, -0.05) is 102 Å². The van der Waals surface area contributed by atoms with Crippen molar-refractivity contribution in [3.63, 3.8) is 0 Å². The Morgan fingerprint density at radius 2 is 1.41 bits per heavy atom. The fourth-order valence-electron chi connectivity index (χ4n) is 4.44. The molecule has 230 valence electrons. The van der Waals surface area contributed by atoms with Crippen LogP contribution in [0.1, 0.15) is 32.3 Å². The second kappa shape index (κ2) is 15.5. The van der Waals surface area contributed by atoms with E-state index in [-0.39, 0.29) is 11.6 Å². The first-order valence-corrected chi connectivity index (χ1v) is 15.9. The second-order valence-electron chi connectivity index (χ2n) is 10.3. The van der Waals surface area contributed by atoms with E-state index in [4.69, 9.17) is 23.2 Å². The lowest BCUT2D eigenvalue weighted by Gasteiger charge is -2.18. The van der Waals surface area contributed by atoms with Gasteiger partial charge in [0.1, 0.15) is 10.9 Å². The van der Waals surface area contributed by atoms with Crippen LogP contribution >= 0.6 is 35.0 Å². The monoisotopic (exact) mass is 665 g/mol. The van der Waals surface area contributed by atoms with Crippen LogP contribution in [-0.2, 0) is 9.59 Å². The minimum absolute atomic E-state index is 0.0178. The molecule has 46 heavy (non-hydrogen) atoms. The molecule has 0 aliphatic heterocycles. The molecule has 0 saturated heterocycles. The van der Waals surface area contributed by atoms with Crippen LogP contribution in [0.15, 0.2) is 138 Å². The van der Waals surface area contributed by atoms with Crippen LogP contribution in [0.4, 0.5) is 11.4 Å². The Kier molecular flexibility index (Phi) is 10.9. The summed E-state index contributed by atoms with van der Waals surface area (Å²) in [6, 6.07) is 37.8. The molecule has 0 heterocycles. The molecule has 0 aliphatic carbocycles. The lowest BCUT2D eigenvalue weighted by molar-refractivity contribution is -0.116. The molecule has 1 unspecified atom stereocenters. The molecule has 0 saturated carbocycles. The zero-order chi connectivity index (χ0) is 32.5. The Hall–Kier alpha value is -4.82. The minimum Gasteiger partial charge on any atom is -0.325 e. The van der Waals surface area contributed by atoms with Crippen LogP contribution in [0, 0.1) is 6.92 Å². The molecule has 3 amide bonds. The van der Waals surface area contributed by atoms with Crippen molar-refractivity contribution in [2.45, 2.75) is 17.1 Å². The zero-order valence-electron chi connectivity index (χ0n) is 24.7. The molecule has 6 nitrogen and oxygen atoms in total. The molecule has 0 radical (unpaired) electrons. The van der Waals surface area contributed by atoms with Crippen LogP contribution in [-0.4, -0.2) is 17.7 Å². The van der Waals surface area contributed by atoms with Crippen molar-refractivity contribution in [3.8, 4) is 0 Å². The molecule has 0 bridgehead atoms. The van der Waals surface area contributed by atoms with Gasteiger partial charge in [-0.15, -0.1) is 11.8 Å². The van der Waals surface area contributed by atoms with E-state index >= 15 is 0 Å². The smallest absolute Gasteiger partial charge is 0.272 e. The lowest BCUT2D eigenvalue weighted by Crippen LogP contribution is -2.30. The zero-order valence-corrected chi connectivity index (χ0v) is 27.0. The highest BCUT2D eigenvalue weighted by atomic mass is 35.5. The number of carbonyl (C=O) groups excluding carboxylic acids is 3. The van der Waals surface area contributed by atoms with E-state index in [1.165, 1.54) is 17.8 Å². The summed E-state index contributed by atoms with van der Waals surface area (Å²) in [6.07, 6.45) is 1.49. The van der Waals surface area contributed by atoms with E-state index in [0.717, 1.165) is 16.0 Å². The molecule has 0 aliphatic rings. The molecule has 5 rings (SSSR count). The molecule has 1 atom stereocenters. The van der Waals surface area contributed by atoms with Crippen molar-refractivity contribution in [3.05, 3.63) is 165 Å². The topological polar surface area (TPSA) is 87.3 Å². The molecular weight excluding hydrogens is 637 g/mol. The average molecular weight is 667 g/mol. The Morgan fingerprint density at radius 3 is 2.11 bits per heavy atom. The average Bonchev–Trinajstić information content (AvgIpc) is 3.06. The van der Waals surface area contributed by atoms with Gasteiger partial charge < -0.3 is 16.0 Å². The third kappa shape index (κ3) is 8.88. The normalized spacial score (nSPS) is 11.8. The van der Waals surface area contributed by atoms with Gasteiger partial charge >= 0.3 is 0 Å². The van der Waals surface area contributed by atoms with Crippen LogP contribution in [0.25, 0.3) is 6.08 Å². The number of aryl methyl sites for hydroxylation is 1. The first-order chi connectivity index (χ1) is 22.2. The van der Waals surface area contributed by atoms with Gasteiger partial charge in [0.25, 0.3) is 11.8 Å². The number of rotatable bonds is 10. The number of hydrogen-bond acceptors (Lipinski definition) is 4. The molecule has 3 N–H and O–H groups in total. The Bertz CT molecular complexity index is 1880. The molecule has 5 aromatic carbocycles. The highest BCUT2D eigenvalue weighted by molar-refractivity contribution is 8.00. The number of thioether (sulfide) groups is 1. The summed E-state index contributed by atoms with van der Waals surface area (Å²) < 4.78 is 0. The van der Waals surface area contributed by atoms with Gasteiger partial charge in [0.05, 0.1) is 0 Å². The first kappa shape index (κ1) is 32.6. The standard InChI is InChI=1S/C37H29Cl2N3O3S/c1-24-15-19-29(20-16-24)40-37(45)34(25-9-4-2-5-10-25)46-31-14-8-13-30(23-31)41-36(44)33(21-27-17-18-28(38)22-32(27)39)42-35(43)26-11-6-3-7-12-26/h2-23,34H,1H3,(H,40,45)(H,41,44)(H,42,43)/b33-21+. The Labute approximate surface area is 281 Å². The third-order valence-electron chi connectivity index (χ3n) is 6.80. The highest BCUT2D eigenvalue weighted by Crippen LogP contribution is 2.37. The molecular formula is C37H29Cl2N3O3S. The van der Waals surface area contributed by atoms with Crippen LogP contribution in [0.5, 0.6) is 0 Å². The van der Waals surface area contributed by atoms with E-state index < -0.39 is 17.1 Å². The van der Waals surface area contributed by atoms with Crippen molar-refractivity contribution >= 4 is 70.1 Å². The predicted molar refractivity (Wildman–Crippen MR) is 188 cm³/mol. The number of benzene rings is 5. The quantitative estimate of drug-likeness (QED) is 0.103. The maximum atomic E-state index is 13.6. The molecule has 0 aromatic heterocycles. The predicted octanol–water partition coefficient (Wildman–Crippen LogP) is 9.18. The van der Waals surface area contributed by atoms with Gasteiger partial charge in [0.15, 0.2) is 0 Å². The lowest BCUT2D eigenvalue weighted by atomic mass is 10.1. The molecule has 0 spiro atoms. The van der Waals surface area contributed by atoms with Crippen molar-refractivity contribution in [1.82, 2.24) is 5.32 Å². The number of amides is 3. The second-order valence-corrected chi connectivity index (χ2v) is 12.3. The number of halogens is 2. The Morgan fingerprint density at radius 1 is 0.717 bits per heavy atom. The van der Waals surface area contributed by atoms with Gasteiger partial charge in [-0.2, -0.15) is 0 Å². The maximum absolute atomic E-state index is 13.6. The van der Waals surface area contributed by atoms with Crippen LogP contribution < -0.4 is 16.0 Å². The van der Waals surface area contributed by atoms with Gasteiger partial charge in [0, 0.05) is 31.9 Å². The minimum atomic E-state index is -0.568. The number of carbonyl (C=O) groups is 3. The van der Waals surface area contributed by atoms with E-state index in [9.17, 15) is 14.4 Å². The first-order valence-electron chi connectivity index (χ1n) is 14.3. The summed E-state index contributed by atoms with van der Waals surface area (Å²) in [4.78, 5) is 40.9. The molecule has 5 aromatic rings. The van der Waals surface area contributed by atoms with Gasteiger partial charge in [-0.3, -0.25) is 14.4 Å². The summed E-state index contributed by atoms with van der Waals surface area (Å²) in [5.74, 6) is -1.20. The third-order valence-corrected chi connectivity index (χ3v) is 8.61. The summed E-state index contributed by atoms with van der Waals surface area (Å²) >= 11 is 13.8. The Balaban J connectivity index is 1.38. The molecule has 0 fully saturated rings. The van der Waals surface area contributed by atoms with Gasteiger partial charge in [-0.25, -0.2) is 0 Å². The SMILES string of the molecule is Cc1ccc(NC(=O)C(Sc2cccc(NC(=O)/C(=C\c3ccc(Cl)cc3Cl)NC(=O)c3ccccc3)c2)c2ccccc2)cc1. The van der Waals surface area contributed by atoms with Gasteiger partial charge in [-0.05, 0) is 78.7 Å². The van der Waals surface area contributed by atoms with Crippen molar-refractivity contribution in [1.29, 1.82) is 0 Å². The largest absolute Gasteiger partial charge is 0.325 e. The number of anilines is 2. The van der Waals surface area contributed by atoms with Crippen LogP contribution in [0.3, 0.4) is 0 Å². The summed E-state index contributed by atoms with van der Waals surface area (Å²) in [5, 5.41) is 8.80. The van der Waals surface area contributed by atoms with Crippen molar-refractivity contribution in [2.24, 2.45) is 0 Å². The van der Waals surface area contributed by atoms with E-state index in [2.05, 4.69) is 16.0 Å². The molecule has 9 heteroatoms. The van der Waals surface area contributed by atoms with E-state index in [1.54, 1.807) is 66.7 Å². The van der Waals surface area contributed by atoms with Gasteiger partial charge in [0.2, 0.25) is 5.91 Å².